The van der Waals surface area contributed by atoms with Gasteiger partial charge in [-0.25, -0.2) is 9.59 Å². The number of fused-ring (bicyclic) bond motifs is 1. The van der Waals surface area contributed by atoms with Gasteiger partial charge >= 0.3 is 12.0 Å². The van der Waals surface area contributed by atoms with Crippen LogP contribution in [0.2, 0.25) is 0 Å². The van der Waals surface area contributed by atoms with E-state index in [0.717, 1.165) is 11.1 Å². The van der Waals surface area contributed by atoms with Crippen LogP contribution in [0.1, 0.15) is 68.9 Å². The molecule has 2 aliphatic heterocycles. The van der Waals surface area contributed by atoms with Crippen molar-refractivity contribution >= 4 is 35.4 Å². The Labute approximate surface area is 245 Å². The standard InChI is InChI=1S/C29H32N4O7.C2H6/c1-17(27(37)40-29(2,3)4)16-39-21-7-5-6-20(13-21)31-28(38)30-14-18-8-9-22-19(12-18)15-33(26(22)36)23-10-11-24(34)32-25(23)35;1-2/h5-9,12-13,23H,1,10-11,14-16H2,2-4H3,(H2,30,31,38)(H,32,34,35);1-2H3. The minimum absolute atomic E-state index is 0.0631. The normalized spacial score (nSPS) is 16.0. The highest BCUT2D eigenvalue weighted by atomic mass is 16.6. The molecule has 0 bridgehead atoms. The molecule has 1 unspecified atom stereocenters. The van der Waals surface area contributed by atoms with Gasteiger partial charge < -0.3 is 25.0 Å². The van der Waals surface area contributed by atoms with E-state index in [9.17, 15) is 24.0 Å². The number of carbonyl (C=O) groups excluding carboxylic acids is 5. The maximum atomic E-state index is 12.8. The minimum atomic E-state index is -0.680. The van der Waals surface area contributed by atoms with Gasteiger partial charge in [0.15, 0.2) is 0 Å². The van der Waals surface area contributed by atoms with Crippen LogP contribution in [0.25, 0.3) is 0 Å². The first kappa shape index (κ1) is 31.9. The molecule has 4 rings (SSSR count). The number of nitrogens with one attached hydrogen (secondary N) is 3. The summed E-state index contributed by atoms with van der Waals surface area (Å²) >= 11 is 0. The topological polar surface area (TPSA) is 143 Å². The third-order valence-corrected chi connectivity index (χ3v) is 6.23. The summed E-state index contributed by atoms with van der Waals surface area (Å²) in [5.41, 5.74) is 2.06. The first-order chi connectivity index (χ1) is 19.9. The molecule has 224 valence electrons. The van der Waals surface area contributed by atoms with Crippen LogP contribution in [-0.4, -0.2) is 52.9 Å². The lowest BCUT2D eigenvalue weighted by Crippen LogP contribution is -2.52. The van der Waals surface area contributed by atoms with Gasteiger partial charge in [-0.3, -0.25) is 19.7 Å². The first-order valence-corrected chi connectivity index (χ1v) is 13.8. The number of esters is 1. The molecule has 1 saturated heterocycles. The van der Waals surface area contributed by atoms with Crippen molar-refractivity contribution < 1.29 is 33.4 Å². The van der Waals surface area contributed by atoms with Gasteiger partial charge in [0, 0.05) is 36.8 Å². The van der Waals surface area contributed by atoms with E-state index in [0.29, 0.717) is 23.4 Å². The van der Waals surface area contributed by atoms with E-state index in [1.165, 1.54) is 4.90 Å². The average Bonchev–Trinajstić information content (AvgIpc) is 3.26. The molecule has 0 aliphatic carbocycles. The number of ether oxygens (including phenoxy) is 2. The summed E-state index contributed by atoms with van der Waals surface area (Å²) in [5.74, 6) is -1.15. The number of piperidine rings is 1. The van der Waals surface area contributed by atoms with Crippen molar-refractivity contribution in [2.24, 2.45) is 0 Å². The summed E-state index contributed by atoms with van der Waals surface area (Å²) in [4.78, 5) is 62.6. The number of carbonyl (C=O) groups is 5. The van der Waals surface area contributed by atoms with E-state index >= 15 is 0 Å². The molecule has 0 spiro atoms. The van der Waals surface area contributed by atoms with E-state index < -0.39 is 29.6 Å². The molecule has 0 aromatic heterocycles. The number of hydrogen-bond acceptors (Lipinski definition) is 7. The quantitative estimate of drug-likeness (QED) is 0.243. The second-order valence-electron chi connectivity index (χ2n) is 10.6. The highest BCUT2D eigenvalue weighted by Gasteiger charge is 2.39. The average molecular weight is 579 g/mol. The Balaban J connectivity index is 0.00000237. The summed E-state index contributed by atoms with van der Waals surface area (Å²) in [6, 6.07) is 10.8. The molecular weight excluding hydrogens is 540 g/mol. The van der Waals surface area contributed by atoms with Crippen LogP contribution in [0, 0.1) is 0 Å². The van der Waals surface area contributed by atoms with Gasteiger partial charge in [0.05, 0.1) is 5.57 Å². The molecule has 2 aliphatic rings. The van der Waals surface area contributed by atoms with E-state index in [2.05, 4.69) is 22.5 Å². The number of amides is 5. The smallest absolute Gasteiger partial charge is 0.337 e. The predicted octanol–water partition coefficient (Wildman–Crippen LogP) is 4.07. The first-order valence-electron chi connectivity index (χ1n) is 13.8. The maximum absolute atomic E-state index is 12.8. The molecule has 0 radical (unpaired) electrons. The Morgan fingerprint density at radius 2 is 1.83 bits per heavy atom. The van der Waals surface area contributed by atoms with Crippen LogP contribution in [0.15, 0.2) is 54.6 Å². The van der Waals surface area contributed by atoms with Crippen molar-refractivity contribution in [2.45, 2.75) is 72.2 Å². The molecule has 11 heteroatoms. The van der Waals surface area contributed by atoms with Crippen molar-refractivity contribution in [3.63, 3.8) is 0 Å². The SMILES string of the molecule is C=C(COc1cccc(NC(=O)NCc2ccc3c(c2)CN(C2CCC(=O)NC2=O)C3=O)c1)C(=O)OC(C)(C)C.CC. The van der Waals surface area contributed by atoms with Gasteiger partial charge in [0.1, 0.15) is 24.0 Å². The summed E-state index contributed by atoms with van der Waals surface area (Å²) in [6.07, 6.45) is 0.487. The maximum Gasteiger partial charge on any atom is 0.337 e. The van der Waals surface area contributed by atoms with Gasteiger partial charge in [-0.05, 0) is 56.5 Å². The second-order valence-corrected chi connectivity index (χ2v) is 10.6. The molecule has 2 heterocycles. The van der Waals surface area contributed by atoms with E-state index in [4.69, 9.17) is 9.47 Å². The van der Waals surface area contributed by atoms with Gasteiger partial charge in [-0.2, -0.15) is 0 Å². The van der Waals surface area contributed by atoms with Crippen LogP contribution >= 0.6 is 0 Å². The Bertz CT molecular complexity index is 1380. The molecule has 0 saturated carbocycles. The lowest BCUT2D eigenvalue weighted by atomic mass is 10.0. The molecule has 1 atom stereocenters. The Morgan fingerprint density at radius 3 is 2.52 bits per heavy atom. The molecule has 5 amide bonds. The van der Waals surface area contributed by atoms with Crippen molar-refractivity contribution in [3.05, 3.63) is 71.3 Å². The third kappa shape index (κ3) is 8.42. The predicted molar refractivity (Wildman–Crippen MR) is 157 cm³/mol. The zero-order chi connectivity index (χ0) is 31.0. The number of anilines is 1. The van der Waals surface area contributed by atoms with Crippen molar-refractivity contribution in [1.29, 1.82) is 0 Å². The van der Waals surface area contributed by atoms with Gasteiger partial charge in [-0.1, -0.05) is 38.6 Å². The number of hydrogen-bond donors (Lipinski definition) is 3. The van der Waals surface area contributed by atoms with E-state index in [1.807, 2.05) is 19.9 Å². The van der Waals surface area contributed by atoms with Crippen LogP contribution in [0.3, 0.4) is 0 Å². The highest BCUT2D eigenvalue weighted by molar-refractivity contribution is 6.05. The van der Waals surface area contributed by atoms with Crippen molar-refractivity contribution in [1.82, 2.24) is 15.5 Å². The van der Waals surface area contributed by atoms with Crippen molar-refractivity contribution in [2.75, 3.05) is 11.9 Å². The van der Waals surface area contributed by atoms with Gasteiger partial charge in [0.25, 0.3) is 5.91 Å². The minimum Gasteiger partial charge on any atom is -0.489 e. The number of rotatable bonds is 8. The van der Waals surface area contributed by atoms with Gasteiger partial charge in [0.2, 0.25) is 11.8 Å². The van der Waals surface area contributed by atoms with Crippen LogP contribution in [0.5, 0.6) is 5.75 Å². The molecule has 11 nitrogen and oxygen atoms in total. The van der Waals surface area contributed by atoms with E-state index in [1.54, 1.807) is 57.2 Å². The number of urea groups is 1. The largest absolute Gasteiger partial charge is 0.489 e. The molecular formula is C31H38N4O7. The molecule has 2 aromatic rings. The zero-order valence-electron chi connectivity index (χ0n) is 24.7. The molecule has 1 fully saturated rings. The zero-order valence-corrected chi connectivity index (χ0v) is 24.7. The lowest BCUT2D eigenvalue weighted by Gasteiger charge is -2.29. The summed E-state index contributed by atoms with van der Waals surface area (Å²) < 4.78 is 10.9. The number of imide groups is 1. The number of benzene rings is 2. The lowest BCUT2D eigenvalue weighted by molar-refractivity contribution is -0.150. The van der Waals surface area contributed by atoms with Crippen LogP contribution < -0.4 is 20.7 Å². The second kappa shape index (κ2) is 13.8. The Morgan fingerprint density at radius 1 is 1.10 bits per heavy atom. The molecule has 3 N–H and O–H groups in total. The van der Waals surface area contributed by atoms with Gasteiger partial charge in [-0.15, -0.1) is 0 Å². The van der Waals surface area contributed by atoms with Crippen molar-refractivity contribution in [3.8, 4) is 5.75 Å². The molecule has 2 aromatic carbocycles. The summed E-state index contributed by atoms with van der Waals surface area (Å²) in [6.45, 7) is 13.4. The highest BCUT2D eigenvalue weighted by Crippen LogP contribution is 2.28. The molecule has 42 heavy (non-hydrogen) atoms. The Hall–Kier alpha value is -4.67. The third-order valence-electron chi connectivity index (χ3n) is 6.23. The summed E-state index contributed by atoms with van der Waals surface area (Å²) in [5, 5.41) is 7.80. The fourth-order valence-corrected chi connectivity index (χ4v) is 4.34. The van der Waals surface area contributed by atoms with Crippen LogP contribution in [-0.2, 0) is 32.2 Å². The number of nitrogens with zero attached hydrogens (tertiary/aromatic N) is 1. The summed E-state index contributed by atoms with van der Waals surface area (Å²) in [7, 11) is 0. The fourth-order valence-electron chi connectivity index (χ4n) is 4.34. The van der Waals surface area contributed by atoms with E-state index in [-0.39, 0.29) is 43.5 Å². The fraction of sp³-hybridized carbons (Fsp3) is 0.387. The Kier molecular flexibility index (Phi) is 10.5. The monoisotopic (exact) mass is 578 g/mol. The van der Waals surface area contributed by atoms with Crippen LogP contribution in [0.4, 0.5) is 10.5 Å².